The second-order valence-corrected chi connectivity index (χ2v) is 4.72. The van der Waals surface area contributed by atoms with E-state index in [1.807, 2.05) is 13.0 Å². The van der Waals surface area contributed by atoms with E-state index in [0.29, 0.717) is 12.3 Å². The number of pyridine rings is 1. The molecule has 0 bridgehead atoms. The standard InChI is InChI=1S/C15H19N3O3/c1-11-9-16-6-4-12(11)5-7-17-15(20)18-10-13(19)14-3-2-8-21-14/h2-4,6,8-9,13,19H,5,7,10H2,1H3,(H2,17,18,20). The number of furan rings is 1. The molecule has 0 aliphatic carbocycles. The van der Waals surface area contributed by atoms with Crippen LogP contribution in [-0.2, 0) is 6.42 Å². The molecule has 1 unspecified atom stereocenters. The number of aromatic nitrogens is 1. The molecule has 0 aliphatic rings. The highest BCUT2D eigenvalue weighted by molar-refractivity contribution is 5.73. The fourth-order valence-corrected chi connectivity index (χ4v) is 1.93. The van der Waals surface area contributed by atoms with Crippen LogP contribution in [0.15, 0.2) is 41.3 Å². The van der Waals surface area contributed by atoms with Crippen LogP contribution in [0.2, 0.25) is 0 Å². The Hall–Kier alpha value is -2.34. The lowest BCUT2D eigenvalue weighted by molar-refractivity contribution is 0.148. The molecule has 2 heterocycles. The van der Waals surface area contributed by atoms with Gasteiger partial charge in [-0.15, -0.1) is 0 Å². The maximum atomic E-state index is 11.6. The molecule has 2 aromatic heterocycles. The Kier molecular flexibility index (Phi) is 5.34. The summed E-state index contributed by atoms with van der Waals surface area (Å²) in [6.07, 6.45) is 4.92. The summed E-state index contributed by atoms with van der Waals surface area (Å²) in [5, 5.41) is 15.1. The van der Waals surface area contributed by atoms with Gasteiger partial charge in [0.05, 0.1) is 12.8 Å². The van der Waals surface area contributed by atoms with Gasteiger partial charge in [0, 0.05) is 18.9 Å². The van der Waals surface area contributed by atoms with Gasteiger partial charge < -0.3 is 20.2 Å². The van der Waals surface area contributed by atoms with Gasteiger partial charge in [0.15, 0.2) is 0 Å². The zero-order valence-electron chi connectivity index (χ0n) is 11.9. The molecule has 0 fully saturated rings. The second-order valence-electron chi connectivity index (χ2n) is 4.72. The molecule has 112 valence electrons. The molecule has 2 aromatic rings. The van der Waals surface area contributed by atoms with E-state index in [1.165, 1.54) is 6.26 Å². The summed E-state index contributed by atoms with van der Waals surface area (Å²) in [6.45, 7) is 2.61. The normalized spacial score (nSPS) is 11.9. The van der Waals surface area contributed by atoms with Crippen LogP contribution in [0.3, 0.4) is 0 Å². The monoisotopic (exact) mass is 289 g/mol. The number of carbonyl (C=O) groups is 1. The van der Waals surface area contributed by atoms with E-state index < -0.39 is 6.10 Å². The fraction of sp³-hybridized carbons (Fsp3) is 0.333. The van der Waals surface area contributed by atoms with Crippen LogP contribution in [0.5, 0.6) is 0 Å². The number of amides is 2. The van der Waals surface area contributed by atoms with Crippen molar-refractivity contribution in [2.24, 2.45) is 0 Å². The highest BCUT2D eigenvalue weighted by Gasteiger charge is 2.11. The first-order valence-corrected chi connectivity index (χ1v) is 6.79. The van der Waals surface area contributed by atoms with Gasteiger partial charge in [0.2, 0.25) is 0 Å². The van der Waals surface area contributed by atoms with Crippen molar-refractivity contribution in [1.29, 1.82) is 0 Å². The van der Waals surface area contributed by atoms with Crippen molar-refractivity contribution in [3.05, 3.63) is 53.7 Å². The Labute approximate surface area is 123 Å². The average Bonchev–Trinajstić information content (AvgIpc) is 3.01. The maximum Gasteiger partial charge on any atom is 0.314 e. The highest BCUT2D eigenvalue weighted by atomic mass is 16.4. The largest absolute Gasteiger partial charge is 0.467 e. The number of hydrogen-bond donors (Lipinski definition) is 3. The molecular weight excluding hydrogens is 270 g/mol. The Morgan fingerprint density at radius 3 is 3.00 bits per heavy atom. The van der Waals surface area contributed by atoms with E-state index >= 15 is 0 Å². The Morgan fingerprint density at radius 2 is 2.29 bits per heavy atom. The van der Waals surface area contributed by atoms with Crippen molar-refractivity contribution in [2.75, 3.05) is 13.1 Å². The lowest BCUT2D eigenvalue weighted by Gasteiger charge is -2.11. The minimum atomic E-state index is -0.840. The summed E-state index contributed by atoms with van der Waals surface area (Å²) in [4.78, 5) is 15.6. The average molecular weight is 289 g/mol. The van der Waals surface area contributed by atoms with E-state index in [9.17, 15) is 9.90 Å². The molecule has 6 nitrogen and oxygen atoms in total. The van der Waals surface area contributed by atoms with Gasteiger partial charge in [0.1, 0.15) is 11.9 Å². The Balaban J connectivity index is 1.67. The number of nitrogens with zero attached hydrogens (tertiary/aromatic N) is 1. The van der Waals surface area contributed by atoms with Gasteiger partial charge in [-0.25, -0.2) is 4.79 Å². The summed E-state index contributed by atoms with van der Waals surface area (Å²) < 4.78 is 5.05. The molecule has 0 saturated carbocycles. The molecular formula is C15H19N3O3. The van der Waals surface area contributed by atoms with Crippen molar-refractivity contribution in [2.45, 2.75) is 19.4 Å². The van der Waals surface area contributed by atoms with Crippen LogP contribution in [0.25, 0.3) is 0 Å². The molecule has 2 rings (SSSR count). The van der Waals surface area contributed by atoms with Gasteiger partial charge in [-0.2, -0.15) is 0 Å². The third kappa shape index (κ3) is 4.61. The third-order valence-electron chi connectivity index (χ3n) is 3.14. The molecule has 0 saturated heterocycles. The lowest BCUT2D eigenvalue weighted by atomic mass is 10.1. The Morgan fingerprint density at radius 1 is 1.43 bits per heavy atom. The SMILES string of the molecule is Cc1cnccc1CCNC(=O)NCC(O)c1ccco1. The van der Waals surface area contributed by atoms with Crippen LogP contribution >= 0.6 is 0 Å². The molecule has 1 atom stereocenters. The number of nitrogens with one attached hydrogen (secondary N) is 2. The molecule has 21 heavy (non-hydrogen) atoms. The van der Waals surface area contributed by atoms with Crippen molar-refractivity contribution >= 4 is 6.03 Å². The first-order valence-electron chi connectivity index (χ1n) is 6.79. The van der Waals surface area contributed by atoms with Gasteiger partial charge in [0.25, 0.3) is 0 Å². The van der Waals surface area contributed by atoms with E-state index in [2.05, 4.69) is 15.6 Å². The van der Waals surface area contributed by atoms with E-state index in [0.717, 1.165) is 17.5 Å². The lowest BCUT2D eigenvalue weighted by Crippen LogP contribution is -2.38. The summed E-state index contributed by atoms with van der Waals surface area (Å²) >= 11 is 0. The molecule has 3 N–H and O–H groups in total. The van der Waals surface area contributed by atoms with Gasteiger partial charge in [-0.3, -0.25) is 4.98 Å². The number of urea groups is 1. The first kappa shape index (κ1) is 15.1. The molecule has 0 aromatic carbocycles. The smallest absolute Gasteiger partial charge is 0.314 e. The second kappa shape index (κ2) is 7.44. The van der Waals surface area contributed by atoms with Gasteiger partial charge >= 0.3 is 6.03 Å². The molecule has 2 amide bonds. The third-order valence-corrected chi connectivity index (χ3v) is 3.14. The summed E-state index contributed by atoms with van der Waals surface area (Å²) in [7, 11) is 0. The topological polar surface area (TPSA) is 87.4 Å². The molecule has 6 heteroatoms. The summed E-state index contributed by atoms with van der Waals surface area (Å²) in [6, 6.07) is 4.98. The Bertz CT molecular complexity index is 569. The van der Waals surface area contributed by atoms with E-state index in [1.54, 1.807) is 24.5 Å². The summed E-state index contributed by atoms with van der Waals surface area (Å²) in [5.74, 6) is 0.433. The molecule has 0 radical (unpaired) electrons. The van der Waals surface area contributed by atoms with Crippen LogP contribution in [0, 0.1) is 6.92 Å². The fourth-order valence-electron chi connectivity index (χ4n) is 1.93. The molecule has 0 spiro atoms. The van der Waals surface area contributed by atoms with E-state index in [4.69, 9.17) is 4.42 Å². The first-order chi connectivity index (χ1) is 10.2. The number of aryl methyl sites for hydroxylation is 1. The molecule has 0 aliphatic heterocycles. The van der Waals surface area contributed by atoms with Crippen LogP contribution in [-0.4, -0.2) is 29.2 Å². The zero-order valence-corrected chi connectivity index (χ0v) is 11.9. The van der Waals surface area contributed by atoms with Gasteiger partial charge in [-0.1, -0.05) is 0 Å². The van der Waals surface area contributed by atoms with Crippen LogP contribution < -0.4 is 10.6 Å². The predicted octanol–water partition coefficient (Wildman–Crippen LogP) is 1.56. The quantitative estimate of drug-likeness (QED) is 0.753. The minimum absolute atomic E-state index is 0.105. The van der Waals surface area contributed by atoms with Crippen LogP contribution in [0.1, 0.15) is 23.0 Å². The number of carbonyl (C=O) groups excluding carboxylic acids is 1. The number of rotatable bonds is 6. The number of aliphatic hydroxyl groups excluding tert-OH is 1. The van der Waals surface area contributed by atoms with E-state index in [-0.39, 0.29) is 12.6 Å². The van der Waals surface area contributed by atoms with Crippen molar-refractivity contribution in [3.8, 4) is 0 Å². The minimum Gasteiger partial charge on any atom is -0.467 e. The maximum absolute atomic E-state index is 11.6. The predicted molar refractivity (Wildman–Crippen MR) is 77.7 cm³/mol. The zero-order chi connectivity index (χ0) is 15.1. The highest BCUT2D eigenvalue weighted by Crippen LogP contribution is 2.11. The summed E-state index contributed by atoms with van der Waals surface area (Å²) in [5.41, 5.74) is 2.26. The van der Waals surface area contributed by atoms with Crippen molar-refractivity contribution < 1.29 is 14.3 Å². The van der Waals surface area contributed by atoms with Crippen molar-refractivity contribution in [3.63, 3.8) is 0 Å². The van der Waals surface area contributed by atoms with Crippen LogP contribution in [0.4, 0.5) is 4.79 Å². The number of hydrogen-bond acceptors (Lipinski definition) is 4. The number of aliphatic hydroxyl groups is 1. The van der Waals surface area contributed by atoms with Crippen molar-refractivity contribution in [1.82, 2.24) is 15.6 Å². The van der Waals surface area contributed by atoms with Gasteiger partial charge in [-0.05, 0) is 42.7 Å².